The number of thiophene rings is 1. The zero-order valence-corrected chi connectivity index (χ0v) is 12.7. The van der Waals surface area contributed by atoms with Gasteiger partial charge in [0.1, 0.15) is 0 Å². The highest BCUT2D eigenvalue weighted by molar-refractivity contribution is 7.13. The largest absolute Gasteiger partial charge is 0.298 e. The highest BCUT2D eigenvalue weighted by atomic mass is 32.1. The summed E-state index contributed by atoms with van der Waals surface area (Å²) in [6, 6.07) is 13.6. The van der Waals surface area contributed by atoms with Gasteiger partial charge >= 0.3 is 0 Å². The van der Waals surface area contributed by atoms with E-state index in [-0.39, 0.29) is 5.91 Å². The number of anilines is 1. The molecule has 3 nitrogen and oxygen atoms in total. The summed E-state index contributed by atoms with van der Waals surface area (Å²) in [6.45, 7) is 0. The second-order valence-electron chi connectivity index (χ2n) is 4.23. The number of carbonyl (C=O) groups excluding carboxylic acids is 1. The highest BCUT2D eigenvalue weighted by Crippen LogP contribution is 2.23. The van der Waals surface area contributed by atoms with Gasteiger partial charge in [0.15, 0.2) is 5.13 Å². The molecule has 3 aromatic rings. The van der Waals surface area contributed by atoms with E-state index < -0.39 is 0 Å². The minimum Gasteiger partial charge on any atom is -0.298 e. The van der Waals surface area contributed by atoms with Crippen LogP contribution in [0.3, 0.4) is 0 Å². The van der Waals surface area contributed by atoms with E-state index in [1.165, 1.54) is 11.3 Å². The SMILES string of the molecule is O=C(Nc1nccs1)/C(=C/c1cccs1)c1ccccc1. The molecule has 104 valence electrons. The van der Waals surface area contributed by atoms with Crippen LogP contribution in [0, 0.1) is 0 Å². The molecule has 0 spiro atoms. The van der Waals surface area contributed by atoms with Gasteiger partial charge < -0.3 is 0 Å². The zero-order valence-electron chi connectivity index (χ0n) is 11.0. The Kier molecular flexibility index (Phi) is 4.23. The van der Waals surface area contributed by atoms with E-state index in [0.29, 0.717) is 10.7 Å². The Morgan fingerprint density at radius 1 is 1.05 bits per heavy atom. The van der Waals surface area contributed by atoms with E-state index >= 15 is 0 Å². The lowest BCUT2D eigenvalue weighted by Crippen LogP contribution is -2.13. The fraction of sp³-hybridized carbons (Fsp3) is 0. The summed E-state index contributed by atoms with van der Waals surface area (Å²) in [4.78, 5) is 17.7. The summed E-state index contributed by atoms with van der Waals surface area (Å²) in [6.07, 6.45) is 3.58. The van der Waals surface area contributed by atoms with Crippen molar-refractivity contribution < 1.29 is 4.79 Å². The van der Waals surface area contributed by atoms with Crippen molar-refractivity contribution in [2.75, 3.05) is 5.32 Å². The first-order chi connectivity index (χ1) is 10.3. The quantitative estimate of drug-likeness (QED) is 0.726. The van der Waals surface area contributed by atoms with Crippen LogP contribution in [0.4, 0.5) is 5.13 Å². The lowest BCUT2D eigenvalue weighted by Gasteiger charge is -2.07. The minimum atomic E-state index is -0.149. The normalized spacial score (nSPS) is 11.3. The van der Waals surface area contributed by atoms with E-state index in [1.807, 2.05) is 59.3 Å². The number of rotatable bonds is 4. The summed E-state index contributed by atoms with van der Waals surface area (Å²) >= 11 is 3.01. The molecule has 2 aromatic heterocycles. The predicted octanol–water partition coefficient (Wildman–Crippen LogP) is 4.38. The molecule has 3 rings (SSSR count). The Balaban J connectivity index is 1.94. The van der Waals surface area contributed by atoms with E-state index in [1.54, 1.807) is 17.5 Å². The van der Waals surface area contributed by atoms with Gasteiger partial charge in [0.2, 0.25) is 0 Å². The molecule has 0 unspecified atom stereocenters. The highest BCUT2D eigenvalue weighted by Gasteiger charge is 2.13. The van der Waals surface area contributed by atoms with Crippen LogP contribution in [0.25, 0.3) is 11.6 Å². The molecule has 1 amide bonds. The fourth-order valence-electron chi connectivity index (χ4n) is 1.86. The number of carbonyl (C=O) groups is 1. The van der Waals surface area contributed by atoms with Crippen molar-refractivity contribution in [3.8, 4) is 0 Å². The van der Waals surface area contributed by atoms with Crippen LogP contribution in [0.5, 0.6) is 0 Å². The molecule has 0 saturated carbocycles. The first kappa shape index (κ1) is 13.7. The molecule has 1 aromatic carbocycles. The molecule has 0 bridgehead atoms. The summed E-state index contributed by atoms with van der Waals surface area (Å²) in [5.74, 6) is -0.149. The third-order valence-electron chi connectivity index (χ3n) is 2.81. The number of amides is 1. The maximum atomic E-state index is 12.5. The molecule has 0 atom stereocenters. The van der Waals surface area contributed by atoms with Crippen molar-refractivity contribution in [3.05, 3.63) is 69.9 Å². The number of nitrogens with one attached hydrogen (secondary N) is 1. The van der Waals surface area contributed by atoms with Crippen molar-refractivity contribution in [2.45, 2.75) is 0 Å². The zero-order chi connectivity index (χ0) is 14.5. The van der Waals surface area contributed by atoms with Gasteiger partial charge in [0.05, 0.1) is 0 Å². The van der Waals surface area contributed by atoms with Crippen molar-refractivity contribution in [2.24, 2.45) is 0 Å². The van der Waals surface area contributed by atoms with Crippen LogP contribution in [-0.4, -0.2) is 10.9 Å². The predicted molar refractivity (Wildman–Crippen MR) is 89.4 cm³/mol. The van der Waals surface area contributed by atoms with Crippen LogP contribution in [0.1, 0.15) is 10.4 Å². The van der Waals surface area contributed by atoms with Crippen LogP contribution < -0.4 is 5.32 Å². The molecule has 0 aliphatic rings. The number of hydrogen-bond donors (Lipinski definition) is 1. The molecule has 1 N–H and O–H groups in total. The van der Waals surface area contributed by atoms with Crippen molar-refractivity contribution in [1.82, 2.24) is 4.98 Å². The van der Waals surface area contributed by atoms with Gasteiger partial charge in [-0.15, -0.1) is 22.7 Å². The van der Waals surface area contributed by atoms with Crippen LogP contribution in [-0.2, 0) is 4.79 Å². The topological polar surface area (TPSA) is 42.0 Å². The van der Waals surface area contributed by atoms with E-state index in [2.05, 4.69) is 10.3 Å². The number of nitrogens with zero attached hydrogens (tertiary/aromatic N) is 1. The molecular weight excluding hydrogens is 300 g/mol. The lowest BCUT2D eigenvalue weighted by atomic mass is 10.0. The van der Waals surface area contributed by atoms with Gasteiger partial charge in [0, 0.05) is 22.0 Å². The van der Waals surface area contributed by atoms with E-state index in [0.717, 1.165) is 10.4 Å². The Bertz CT molecular complexity index is 732. The maximum Gasteiger partial charge on any atom is 0.258 e. The Hall–Kier alpha value is -2.24. The number of hydrogen-bond acceptors (Lipinski definition) is 4. The Morgan fingerprint density at radius 3 is 2.57 bits per heavy atom. The molecule has 0 aliphatic heterocycles. The number of thiazole rings is 1. The molecule has 21 heavy (non-hydrogen) atoms. The molecule has 0 fully saturated rings. The second-order valence-corrected chi connectivity index (χ2v) is 6.10. The van der Waals surface area contributed by atoms with Gasteiger partial charge in [-0.25, -0.2) is 4.98 Å². The van der Waals surface area contributed by atoms with E-state index in [4.69, 9.17) is 0 Å². The summed E-state index contributed by atoms with van der Waals surface area (Å²) in [5, 5.41) is 7.27. The number of benzene rings is 1. The third-order valence-corrected chi connectivity index (χ3v) is 4.32. The third kappa shape index (κ3) is 3.45. The average molecular weight is 312 g/mol. The second kappa shape index (κ2) is 6.47. The fourth-order valence-corrected chi connectivity index (χ4v) is 3.04. The van der Waals surface area contributed by atoms with Gasteiger partial charge in [-0.05, 0) is 23.1 Å². The summed E-state index contributed by atoms with van der Waals surface area (Å²) in [7, 11) is 0. The molecule has 0 aliphatic carbocycles. The summed E-state index contributed by atoms with van der Waals surface area (Å²) < 4.78 is 0. The maximum absolute atomic E-state index is 12.5. The van der Waals surface area contributed by atoms with Gasteiger partial charge in [-0.3, -0.25) is 10.1 Å². The van der Waals surface area contributed by atoms with Crippen LogP contribution in [0.2, 0.25) is 0 Å². The van der Waals surface area contributed by atoms with Crippen LogP contribution in [0.15, 0.2) is 59.4 Å². The van der Waals surface area contributed by atoms with Gasteiger partial charge in [0.25, 0.3) is 5.91 Å². The lowest BCUT2D eigenvalue weighted by molar-refractivity contribution is -0.111. The number of aromatic nitrogens is 1. The van der Waals surface area contributed by atoms with Crippen molar-refractivity contribution in [1.29, 1.82) is 0 Å². The standard InChI is InChI=1S/C16H12N2OS2/c19-15(18-16-17-8-10-21-16)14(11-13-7-4-9-20-13)12-5-2-1-3-6-12/h1-11H,(H,17,18,19)/b14-11+. The minimum absolute atomic E-state index is 0.149. The van der Waals surface area contributed by atoms with Gasteiger partial charge in [-0.1, -0.05) is 36.4 Å². The first-order valence-electron chi connectivity index (χ1n) is 6.34. The molecule has 0 saturated heterocycles. The molecular formula is C16H12N2OS2. The average Bonchev–Trinajstić information content (AvgIpc) is 3.19. The first-order valence-corrected chi connectivity index (χ1v) is 8.10. The monoisotopic (exact) mass is 312 g/mol. The van der Waals surface area contributed by atoms with Crippen LogP contribution >= 0.6 is 22.7 Å². The van der Waals surface area contributed by atoms with Crippen molar-refractivity contribution >= 4 is 45.4 Å². The molecule has 0 radical (unpaired) electrons. The smallest absolute Gasteiger partial charge is 0.258 e. The van der Waals surface area contributed by atoms with Crippen molar-refractivity contribution in [3.63, 3.8) is 0 Å². The Morgan fingerprint density at radius 2 is 1.90 bits per heavy atom. The Labute approximate surface area is 130 Å². The van der Waals surface area contributed by atoms with Gasteiger partial charge in [-0.2, -0.15) is 0 Å². The summed E-state index contributed by atoms with van der Waals surface area (Å²) in [5.41, 5.74) is 1.52. The molecule has 5 heteroatoms. The molecule has 2 heterocycles. The van der Waals surface area contributed by atoms with E-state index in [9.17, 15) is 4.79 Å².